The van der Waals surface area contributed by atoms with Crippen molar-refractivity contribution in [3.8, 4) is 6.07 Å². The standard InChI is InChI=1S/C16H16N4O5S/c1-16(2)12(15(24)25)20-13(23)11(14(20)26-16)18-10(22)7-19-4-3-9(21)8(5-17)6-19/h3-4,6,11-12,14H,7H2,1-2H3,(H,18,22)(H,24,25)/t11?,12-,14+/m0/s1. The van der Waals surface area contributed by atoms with Crippen molar-refractivity contribution in [2.75, 3.05) is 0 Å². The molecule has 0 aliphatic carbocycles. The highest BCUT2D eigenvalue weighted by molar-refractivity contribution is 8.01. The van der Waals surface area contributed by atoms with Crippen LogP contribution in [0.4, 0.5) is 0 Å². The van der Waals surface area contributed by atoms with Crippen LogP contribution in [0.15, 0.2) is 23.3 Å². The monoisotopic (exact) mass is 376 g/mol. The molecule has 1 aromatic heterocycles. The summed E-state index contributed by atoms with van der Waals surface area (Å²) in [6.07, 6.45) is 2.65. The Labute approximate surface area is 152 Å². The lowest BCUT2D eigenvalue weighted by molar-refractivity contribution is -0.161. The minimum absolute atomic E-state index is 0.0800. The number of β-lactam (4-membered cyclic amide) rings is 1. The summed E-state index contributed by atoms with van der Waals surface area (Å²) in [5.41, 5.74) is -0.512. The highest BCUT2D eigenvalue weighted by Gasteiger charge is 2.64. The second kappa shape index (κ2) is 6.17. The number of carbonyl (C=O) groups excluding carboxylic acids is 2. The molecule has 3 atom stereocenters. The molecule has 2 aliphatic heterocycles. The molecule has 0 bridgehead atoms. The number of amides is 2. The van der Waals surface area contributed by atoms with Crippen LogP contribution in [-0.2, 0) is 20.9 Å². The van der Waals surface area contributed by atoms with Crippen molar-refractivity contribution in [2.45, 2.75) is 42.6 Å². The normalized spacial score (nSPS) is 25.8. The van der Waals surface area contributed by atoms with E-state index in [0.717, 1.165) is 0 Å². The summed E-state index contributed by atoms with van der Waals surface area (Å²) in [5, 5.41) is 20.4. The van der Waals surface area contributed by atoms with E-state index in [1.807, 2.05) is 0 Å². The molecule has 0 radical (unpaired) electrons. The number of fused-ring (bicyclic) bond motifs is 1. The van der Waals surface area contributed by atoms with Gasteiger partial charge in [-0.05, 0) is 13.8 Å². The molecule has 2 fully saturated rings. The molecule has 2 aliphatic rings. The molecule has 136 valence electrons. The van der Waals surface area contributed by atoms with Crippen LogP contribution in [0.25, 0.3) is 0 Å². The van der Waals surface area contributed by atoms with Gasteiger partial charge < -0.3 is 19.9 Å². The van der Waals surface area contributed by atoms with Gasteiger partial charge in [-0.2, -0.15) is 5.26 Å². The predicted octanol–water partition coefficient (Wildman–Crippen LogP) is -0.648. The van der Waals surface area contributed by atoms with Gasteiger partial charge in [0.05, 0.1) is 0 Å². The van der Waals surface area contributed by atoms with E-state index in [1.165, 1.54) is 39.7 Å². The first-order valence-corrected chi connectivity index (χ1v) is 8.66. The smallest absolute Gasteiger partial charge is 0.327 e. The summed E-state index contributed by atoms with van der Waals surface area (Å²) >= 11 is 1.34. The second-order valence-corrected chi connectivity index (χ2v) is 8.42. The number of thioether (sulfide) groups is 1. The number of nitriles is 1. The molecule has 2 N–H and O–H groups in total. The number of pyridine rings is 1. The minimum atomic E-state index is -1.07. The van der Waals surface area contributed by atoms with E-state index in [0.29, 0.717) is 0 Å². The Bertz CT molecular complexity index is 903. The summed E-state index contributed by atoms with van der Waals surface area (Å²) in [7, 11) is 0. The fraction of sp³-hybridized carbons (Fsp3) is 0.438. The van der Waals surface area contributed by atoms with Gasteiger partial charge in [-0.3, -0.25) is 14.4 Å². The number of hydrogen-bond donors (Lipinski definition) is 2. The largest absolute Gasteiger partial charge is 0.480 e. The van der Waals surface area contributed by atoms with E-state index >= 15 is 0 Å². The molecule has 3 heterocycles. The first-order chi connectivity index (χ1) is 12.2. The van der Waals surface area contributed by atoms with Gasteiger partial charge in [0.25, 0.3) is 0 Å². The number of carboxylic acid groups (broad SMARTS) is 1. The van der Waals surface area contributed by atoms with Gasteiger partial charge in [0.2, 0.25) is 11.8 Å². The zero-order chi connectivity index (χ0) is 19.2. The zero-order valence-electron chi connectivity index (χ0n) is 14.0. The molecule has 10 heteroatoms. The van der Waals surface area contributed by atoms with Crippen molar-refractivity contribution in [3.05, 3.63) is 34.2 Å². The van der Waals surface area contributed by atoms with E-state index in [2.05, 4.69) is 5.32 Å². The molecular weight excluding hydrogens is 360 g/mol. The molecule has 3 rings (SSSR count). The van der Waals surface area contributed by atoms with Gasteiger partial charge in [-0.15, -0.1) is 11.8 Å². The van der Waals surface area contributed by atoms with E-state index in [1.54, 1.807) is 19.9 Å². The number of rotatable bonds is 4. The van der Waals surface area contributed by atoms with Gasteiger partial charge in [0.15, 0.2) is 5.43 Å². The number of aromatic nitrogens is 1. The van der Waals surface area contributed by atoms with Gasteiger partial charge >= 0.3 is 5.97 Å². The van der Waals surface area contributed by atoms with Crippen molar-refractivity contribution < 1.29 is 19.5 Å². The van der Waals surface area contributed by atoms with Crippen molar-refractivity contribution in [1.82, 2.24) is 14.8 Å². The Morgan fingerprint density at radius 2 is 2.12 bits per heavy atom. The predicted molar refractivity (Wildman–Crippen MR) is 91.1 cm³/mol. The number of nitrogens with zero attached hydrogens (tertiary/aromatic N) is 3. The summed E-state index contributed by atoms with van der Waals surface area (Å²) < 4.78 is 0.716. The number of hydrogen-bond acceptors (Lipinski definition) is 6. The maximum absolute atomic E-state index is 12.3. The van der Waals surface area contributed by atoms with Crippen molar-refractivity contribution in [2.24, 2.45) is 0 Å². The van der Waals surface area contributed by atoms with Crippen molar-refractivity contribution >= 4 is 29.5 Å². The van der Waals surface area contributed by atoms with Crippen LogP contribution < -0.4 is 10.7 Å². The summed E-state index contributed by atoms with van der Waals surface area (Å²) in [6, 6.07) is 1.22. The molecule has 2 amide bonds. The maximum atomic E-state index is 12.3. The van der Waals surface area contributed by atoms with Crippen LogP contribution in [0.2, 0.25) is 0 Å². The number of carboxylic acids is 1. The van der Waals surface area contributed by atoms with E-state index in [-0.39, 0.29) is 12.1 Å². The second-order valence-electron chi connectivity index (χ2n) is 6.65. The molecule has 9 nitrogen and oxygen atoms in total. The van der Waals surface area contributed by atoms with Gasteiger partial charge in [0.1, 0.15) is 35.6 Å². The first kappa shape index (κ1) is 18.0. The number of carbonyl (C=O) groups is 3. The molecule has 0 aromatic carbocycles. The molecule has 0 saturated carbocycles. The van der Waals surface area contributed by atoms with Crippen LogP contribution in [0.3, 0.4) is 0 Å². The Kier molecular flexibility index (Phi) is 4.28. The highest BCUT2D eigenvalue weighted by Crippen LogP contribution is 2.50. The van der Waals surface area contributed by atoms with Gasteiger partial charge in [0, 0.05) is 23.2 Å². The Morgan fingerprint density at radius 3 is 2.73 bits per heavy atom. The van der Waals surface area contributed by atoms with Crippen LogP contribution in [0, 0.1) is 11.3 Å². The lowest BCUT2D eigenvalue weighted by atomic mass is 9.96. The average molecular weight is 376 g/mol. The topological polar surface area (TPSA) is 132 Å². The lowest BCUT2D eigenvalue weighted by Gasteiger charge is -2.43. The number of aliphatic carboxylic acids is 1. The summed E-state index contributed by atoms with van der Waals surface area (Å²) in [5.74, 6) is -1.96. The maximum Gasteiger partial charge on any atom is 0.327 e. The van der Waals surface area contributed by atoms with Crippen LogP contribution >= 0.6 is 11.8 Å². The average Bonchev–Trinajstić information content (AvgIpc) is 2.82. The summed E-state index contributed by atoms with van der Waals surface area (Å²) in [4.78, 5) is 48.7. The van der Waals surface area contributed by atoms with Crippen molar-refractivity contribution in [3.63, 3.8) is 0 Å². The fourth-order valence-corrected chi connectivity index (χ4v) is 4.86. The minimum Gasteiger partial charge on any atom is -0.480 e. The van der Waals surface area contributed by atoms with E-state index in [4.69, 9.17) is 5.26 Å². The van der Waals surface area contributed by atoms with Gasteiger partial charge in [-0.25, -0.2) is 4.79 Å². The molecular formula is C16H16N4O5S. The highest BCUT2D eigenvalue weighted by atomic mass is 32.2. The fourth-order valence-electron chi connectivity index (χ4n) is 3.24. The van der Waals surface area contributed by atoms with Crippen LogP contribution in [-0.4, -0.2) is 54.6 Å². The SMILES string of the molecule is CC1(C)S[C@@H]2C(NC(=O)Cn3ccc(=O)c(C#N)c3)C(=O)N2[C@H]1C(=O)O. The Morgan fingerprint density at radius 1 is 1.42 bits per heavy atom. The lowest BCUT2D eigenvalue weighted by Crippen LogP contribution is -2.70. The molecule has 1 aromatic rings. The number of nitrogens with one attached hydrogen (secondary N) is 1. The molecule has 2 saturated heterocycles. The first-order valence-electron chi connectivity index (χ1n) is 7.78. The summed E-state index contributed by atoms with van der Waals surface area (Å²) in [6.45, 7) is 3.34. The Hall–Kier alpha value is -2.80. The quantitative estimate of drug-likeness (QED) is 0.667. The van der Waals surface area contributed by atoms with Gasteiger partial charge in [-0.1, -0.05) is 0 Å². The molecule has 1 unspecified atom stereocenters. The van der Waals surface area contributed by atoms with Crippen LogP contribution in [0.1, 0.15) is 19.4 Å². The third kappa shape index (κ3) is 2.84. The third-order valence-electron chi connectivity index (χ3n) is 4.42. The molecule has 26 heavy (non-hydrogen) atoms. The zero-order valence-corrected chi connectivity index (χ0v) is 14.8. The van der Waals surface area contributed by atoms with Crippen molar-refractivity contribution in [1.29, 1.82) is 5.26 Å². The third-order valence-corrected chi connectivity index (χ3v) is 5.99. The Balaban J connectivity index is 1.69. The van der Waals surface area contributed by atoms with E-state index in [9.17, 15) is 24.3 Å². The van der Waals surface area contributed by atoms with Crippen LogP contribution in [0.5, 0.6) is 0 Å². The van der Waals surface area contributed by atoms with E-state index < -0.39 is 45.4 Å². The molecule has 0 spiro atoms.